The van der Waals surface area contributed by atoms with E-state index in [-0.39, 0.29) is 17.9 Å². The van der Waals surface area contributed by atoms with E-state index < -0.39 is 0 Å². The lowest BCUT2D eigenvalue weighted by molar-refractivity contribution is -0.130. The van der Waals surface area contributed by atoms with Gasteiger partial charge in [-0.05, 0) is 38.5 Å². The molecule has 5 heteroatoms. The molecule has 4 nitrogen and oxygen atoms in total. The summed E-state index contributed by atoms with van der Waals surface area (Å²) in [6.45, 7) is 4.83. The van der Waals surface area contributed by atoms with Crippen LogP contribution in [0.1, 0.15) is 26.2 Å². The molecule has 1 atom stereocenters. The molecule has 1 aliphatic rings. The van der Waals surface area contributed by atoms with Crippen molar-refractivity contribution in [3.8, 4) is 0 Å². The van der Waals surface area contributed by atoms with Crippen LogP contribution in [0.25, 0.3) is 0 Å². The van der Waals surface area contributed by atoms with Gasteiger partial charge in [0.15, 0.2) is 0 Å². The van der Waals surface area contributed by atoms with Crippen LogP contribution in [-0.2, 0) is 4.79 Å². The van der Waals surface area contributed by atoms with Crippen molar-refractivity contribution >= 4 is 17.7 Å². The lowest BCUT2D eigenvalue weighted by Gasteiger charge is -2.32. The van der Waals surface area contributed by atoms with E-state index in [1.54, 1.807) is 11.8 Å². The monoisotopic (exact) mass is 260 g/mol. The third-order valence-corrected chi connectivity index (χ3v) is 4.19. The Kier molecular flexibility index (Phi) is 6.92. The highest BCUT2D eigenvalue weighted by molar-refractivity contribution is 7.99. The molecule has 0 aromatic rings. The maximum absolute atomic E-state index is 12.0. The minimum Gasteiger partial charge on any atom is -0.396 e. The molecule has 17 heavy (non-hydrogen) atoms. The first kappa shape index (κ1) is 14.8. The van der Waals surface area contributed by atoms with Gasteiger partial charge >= 0.3 is 0 Å². The van der Waals surface area contributed by atoms with E-state index in [2.05, 4.69) is 10.6 Å². The number of aliphatic hydroxyl groups is 1. The molecule has 0 spiro atoms. The number of carbonyl (C=O) groups is 1. The number of carbonyl (C=O) groups excluding carboxylic acids is 1. The van der Waals surface area contributed by atoms with E-state index in [1.807, 2.05) is 6.92 Å². The molecular formula is C12H24N2O2S. The van der Waals surface area contributed by atoms with Crippen molar-refractivity contribution in [2.75, 3.05) is 37.7 Å². The Hall–Kier alpha value is -0.260. The molecule has 1 amide bonds. The SMILES string of the molecule is CC1(C(=O)NCCSCCCO)CCCNC1. The second-order valence-electron chi connectivity index (χ2n) is 4.79. The van der Waals surface area contributed by atoms with Gasteiger partial charge in [0.25, 0.3) is 0 Å². The first-order valence-corrected chi connectivity index (χ1v) is 7.52. The molecule has 1 heterocycles. The van der Waals surface area contributed by atoms with Crippen LogP contribution >= 0.6 is 11.8 Å². The largest absolute Gasteiger partial charge is 0.396 e. The molecule has 100 valence electrons. The fourth-order valence-electron chi connectivity index (χ4n) is 1.97. The quantitative estimate of drug-likeness (QED) is 0.587. The highest BCUT2D eigenvalue weighted by Crippen LogP contribution is 2.25. The molecule has 1 fully saturated rings. The number of nitrogens with one attached hydrogen (secondary N) is 2. The molecule has 0 aromatic heterocycles. The third-order valence-electron chi connectivity index (χ3n) is 3.12. The zero-order valence-corrected chi connectivity index (χ0v) is 11.4. The molecule has 1 aliphatic heterocycles. The Bertz CT molecular complexity index is 231. The van der Waals surface area contributed by atoms with E-state index in [4.69, 9.17) is 5.11 Å². The Morgan fingerprint density at radius 3 is 3.00 bits per heavy atom. The average molecular weight is 260 g/mol. The van der Waals surface area contributed by atoms with E-state index in [0.717, 1.165) is 50.4 Å². The first-order valence-electron chi connectivity index (χ1n) is 6.37. The lowest BCUT2D eigenvalue weighted by atomic mass is 9.82. The van der Waals surface area contributed by atoms with Crippen molar-refractivity contribution in [1.29, 1.82) is 0 Å². The van der Waals surface area contributed by atoms with Crippen LogP contribution in [0.15, 0.2) is 0 Å². The summed E-state index contributed by atoms with van der Waals surface area (Å²) < 4.78 is 0. The summed E-state index contributed by atoms with van der Waals surface area (Å²) >= 11 is 1.78. The van der Waals surface area contributed by atoms with Crippen LogP contribution in [0.4, 0.5) is 0 Å². The maximum Gasteiger partial charge on any atom is 0.227 e. The Morgan fingerprint density at radius 1 is 1.53 bits per heavy atom. The number of thioether (sulfide) groups is 1. The van der Waals surface area contributed by atoms with Crippen molar-refractivity contribution in [1.82, 2.24) is 10.6 Å². The number of piperidine rings is 1. The number of aliphatic hydroxyl groups excluding tert-OH is 1. The molecule has 0 aromatic carbocycles. The van der Waals surface area contributed by atoms with Crippen LogP contribution < -0.4 is 10.6 Å². The highest BCUT2D eigenvalue weighted by atomic mass is 32.2. The summed E-state index contributed by atoms with van der Waals surface area (Å²) in [7, 11) is 0. The van der Waals surface area contributed by atoms with Gasteiger partial charge in [0.1, 0.15) is 0 Å². The van der Waals surface area contributed by atoms with Gasteiger partial charge in [-0.2, -0.15) is 11.8 Å². The van der Waals surface area contributed by atoms with Gasteiger partial charge in [0.2, 0.25) is 5.91 Å². The summed E-state index contributed by atoms with van der Waals surface area (Å²) in [6.07, 6.45) is 2.89. The maximum atomic E-state index is 12.0. The minimum atomic E-state index is -0.228. The standard InChI is InChI=1S/C12H24N2O2S/c1-12(4-2-5-13-10-12)11(16)14-6-9-17-8-3-7-15/h13,15H,2-10H2,1H3,(H,14,16). The summed E-state index contributed by atoms with van der Waals surface area (Å²) in [6, 6.07) is 0. The van der Waals surface area contributed by atoms with E-state index in [9.17, 15) is 4.79 Å². The zero-order valence-electron chi connectivity index (χ0n) is 10.6. The van der Waals surface area contributed by atoms with Crippen LogP contribution in [0.5, 0.6) is 0 Å². The highest BCUT2D eigenvalue weighted by Gasteiger charge is 2.34. The average Bonchev–Trinajstić information content (AvgIpc) is 2.34. The zero-order chi connectivity index (χ0) is 12.6. The predicted molar refractivity (Wildman–Crippen MR) is 72.2 cm³/mol. The number of hydrogen-bond acceptors (Lipinski definition) is 4. The summed E-state index contributed by atoms with van der Waals surface area (Å²) in [5.41, 5.74) is -0.228. The van der Waals surface area contributed by atoms with Gasteiger partial charge in [0.05, 0.1) is 5.41 Å². The summed E-state index contributed by atoms with van der Waals surface area (Å²) in [4.78, 5) is 12.0. The number of amides is 1. The van der Waals surface area contributed by atoms with Crippen molar-refractivity contribution in [3.05, 3.63) is 0 Å². The molecular weight excluding hydrogens is 236 g/mol. The van der Waals surface area contributed by atoms with E-state index in [0.29, 0.717) is 0 Å². The molecule has 0 bridgehead atoms. The Balaban J connectivity index is 2.11. The minimum absolute atomic E-state index is 0.174. The first-order chi connectivity index (χ1) is 8.19. The lowest BCUT2D eigenvalue weighted by Crippen LogP contribution is -2.49. The fraction of sp³-hybridized carbons (Fsp3) is 0.917. The van der Waals surface area contributed by atoms with Crippen molar-refractivity contribution in [2.45, 2.75) is 26.2 Å². The van der Waals surface area contributed by atoms with Gasteiger partial charge < -0.3 is 15.7 Å². The molecule has 0 saturated carbocycles. The molecule has 1 saturated heterocycles. The van der Waals surface area contributed by atoms with E-state index >= 15 is 0 Å². The predicted octanol–water partition coefficient (Wildman–Crippen LogP) is 0.608. The number of rotatable bonds is 7. The second-order valence-corrected chi connectivity index (χ2v) is 6.01. The molecule has 0 radical (unpaired) electrons. The molecule has 0 aliphatic carbocycles. The van der Waals surface area contributed by atoms with E-state index in [1.165, 1.54) is 0 Å². The van der Waals surface area contributed by atoms with Crippen LogP contribution in [-0.4, -0.2) is 48.8 Å². The molecule has 1 rings (SSSR count). The van der Waals surface area contributed by atoms with Gasteiger partial charge in [-0.15, -0.1) is 0 Å². The normalized spacial score (nSPS) is 24.6. The van der Waals surface area contributed by atoms with Crippen LogP contribution in [0, 0.1) is 5.41 Å². The van der Waals surface area contributed by atoms with Crippen LogP contribution in [0.2, 0.25) is 0 Å². The topological polar surface area (TPSA) is 61.4 Å². The van der Waals surface area contributed by atoms with Crippen molar-refractivity contribution in [2.24, 2.45) is 5.41 Å². The second kappa shape index (κ2) is 7.95. The fourth-order valence-corrected chi connectivity index (χ4v) is 2.75. The Morgan fingerprint density at radius 2 is 2.35 bits per heavy atom. The number of hydrogen-bond donors (Lipinski definition) is 3. The van der Waals surface area contributed by atoms with Gasteiger partial charge in [-0.1, -0.05) is 0 Å². The summed E-state index contributed by atoms with van der Waals surface area (Å²) in [5.74, 6) is 2.06. The van der Waals surface area contributed by atoms with Gasteiger partial charge in [-0.25, -0.2) is 0 Å². The van der Waals surface area contributed by atoms with Gasteiger partial charge in [0, 0.05) is 25.4 Å². The molecule has 1 unspecified atom stereocenters. The Labute approximate surface area is 108 Å². The van der Waals surface area contributed by atoms with Crippen molar-refractivity contribution < 1.29 is 9.90 Å². The molecule has 3 N–H and O–H groups in total. The van der Waals surface area contributed by atoms with Crippen molar-refractivity contribution in [3.63, 3.8) is 0 Å². The third kappa shape index (κ3) is 5.27. The smallest absolute Gasteiger partial charge is 0.227 e. The van der Waals surface area contributed by atoms with Crippen LogP contribution in [0.3, 0.4) is 0 Å². The summed E-state index contributed by atoms with van der Waals surface area (Å²) in [5, 5.41) is 14.9. The van der Waals surface area contributed by atoms with Gasteiger partial charge in [-0.3, -0.25) is 4.79 Å².